The molecule has 0 bridgehead atoms. The van der Waals surface area contributed by atoms with Crippen LogP contribution in [-0.4, -0.2) is 47.0 Å². The number of amides is 3. The lowest BCUT2D eigenvalue weighted by molar-refractivity contribution is -0.145. The molecule has 27 heavy (non-hydrogen) atoms. The van der Waals surface area contributed by atoms with Gasteiger partial charge >= 0.3 is 6.09 Å². The van der Waals surface area contributed by atoms with Crippen LogP contribution in [0.25, 0.3) is 0 Å². The number of hydrogen-bond donors (Lipinski definition) is 3. The van der Waals surface area contributed by atoms with Crippen molar-refractivity contribution in [1.29, 1.82) is 0 Å². The van der Waals surface area contributed by atoms with Crippen molar-refractivity contribution in [3.63, 3.8) is 0 Å². The van der Waals surface area contributed by atoms with Crippen molar-refractivity contribution in [3.8, 4) is 0 Å². The number of rotatable bonds is 8. The normalized spacial score (nSPS) is 21.0. The second-order valence-corrected chi connectivity index (χ2v) is 7.83. The highest BCUT2D eigenvalue weighted by molar-refractivity contribution is 6.39. The van der Waals surface area contributed by atoms with Crippen molar-refractivity contribution in [1.82, 2.24) is 10.6 Å². The molecule has 2 saturated carbocycles. The van der Waals surface area contributed by atoms with E-state index >= 15 is 0 Å². The van der Waals surface area contributed by atoms with Crippen molar-refractivity contribution < 1.29 is 28.3 Å². The lowest BCUT2D eigenvalue weighted by Gasteiger charge is -2.41. The lowest BCUT2D eigenvalue weighted by Crippen LogP contribution is -2.65. The first-order valence-corrected chi connectivity index (χ1v) is 9.39. The largest absolute Gasteiger partial charge is 0.447 e. The smallest absolute Gasteiger partial charge is 0.408 e. The number of nitrogens with two attached hydrogens (primary N) is 1. The number of alkyl carbamates (subject to hydrolysis) is 1. The molecule has 0 aromatic heterocycles. The summed E-state index contributed by atoms with van der Waals surface area (Å²) in [6, 6.07) is -1.21. The molecular weight excluding hydrogens is 357 g/mol. The molecule has 2 aliphatic carbocycles. The number of hydrogen-bond acceptors (Lipinski definition) is 5. The Balaban J connectivity index is 2.13. The summed E-state index contributed by atoms with van der Waals surface area (Å²) in [6.07, 6.45) is 1.80. The van der Waals surface area contributed by atoms with Crippen LogP contribution in [0.15, 0.2) is 0 Å². The van der Waals surface area contributed by atoms with E-state index in [4.69, 9.17) is 10.5 Å². The van der Waals surface area contributed by atoms with Gasteiger partial charge < -0.3 is 21.1 Å². The van der Waals surface area contributed by atoms with Gasteiger partial charge in [0.15, 0.2) is 0 Å². The van der Waals surface area contributed by atoms with Gasteiger partial charge in [0, 0.05) is 6.42 Å². The highest BCUT2D eigenvalue weighted by Gasteiger charge is 2.49. The molecule has 0 aromatic rings. The van der Waals surface area contributed by atoms with Crippen LogP contribution in [0.1, 0.15) is 65.2 Å². The molecule has 152 valence electrons. The number of ketones is 1. The predicted molar refractivity (Wildman–Crippen MR) is 94.4 cm³/mol. The number of primary amides is 1. The second kappa shape index (κ2) is 8.22. The number of halogens is 1. The first-order valence-electron chi connectivity index (χ1n) is 9.39. The molecule has 0 aliphatic heterocycles. The molecule has 3 amide bonds. The maximum atomic E-state index is 14.9. The maximum Gasteiger partial charge on any atom is 0.408 e. The van der Waals surface area contributed by atoms with E-state index < -0.39 is 47.0 Å². The summed E-state index contributed by atoms with van der Waals surface area (Å²) in [6.45, 7) is 3.30. The van der Waals surface area contributed by atoms with E-state index in [0.717, 1.165) is 0 Å². The van der Waals surface area contributed by atoms with Crippen LogP contribution in [0.4, 0.5) is 9.18 Å². The van der Waals surface area contributed by atoms with Gasteiger partial charge in [-0.1, -0.05) is 12.8 Å². The minimum Gasteiger partial charge on any atom is -0.447 e. The van der Waals surface area contributed by atoms with Crippen LogP contribution in [0.5, 0.6) is 0 Å². The predicted octanol–water partition coefficient (Wildman–Crippen LogP) is 1.26. The zero-order valence-corrected chi connectivity index (χ0v) is 15.8. The SMILES string of the molecule is CC(C)OC(=O)N[C@@H](CC1(F)CCCC1)C(=O)NC1(C(=O)C(N)=O)CCC1. The Morgan fingerprint density at radius 1 is 1.07 bits per heavy atom. The molecule has 0 saturated heterocycles. The third kappa shape index (κ3) is 5.17. The summed E-state index contributed by atoms with van der Waals surface area (Å²) < 4.78 is 19.9. The van der Waals surface area contributed by atoms with Crippen molar-refractivity contribution in [3.05, 3.63) is 0 Å². The second-order valence-electron chi connectivity index (χ2n) is 7.83. The number of Topliss-reactive ketones (excluding diaryl/α,β-unsaturated/α-hetero) is 1. The van der Waals surface area contributed by atoms with Gasteiger partial charge in [-0.25, -0.2) is 9.18 Å². The van der Waals surface area contributed by atoms with Gasteiger partial charge in [-0.3, -0.25) is 14.4 Å². The standard InChI is InChI=1S/C18H28FN3O5/c1-11(2)27-16(26)21-12(10-17(19)6-3-4-7-17)15(25)22-18(8-5-9-18)13(23)14(20)24/h11-12H,3-10H2,1-2H3,(H2,20,24)(H,21,26)(H,22,25)/t12-/m0/s1. The number of carbonyl (C=O) groups is 4. The van der Waals surface area contributed by atoms with E-state index in [1.807, 2.05) is 0 Å². The number of ether oxygens (including phenoxy) is 1. The van der Waals surface area contributed by atoms with Gasteiger partial charge in [0.2, 0.25) is 11.7 Å². The third-order valence-electron chi connectivity index (χ3n) is 5.25. The molecule has 4 N–H and O–H groups in total. The zero-order valence-electron chi connectivity index (χ0n) is 15.8. The molecule has 0 radical (unpaired) electrons. The molecule has 2 aliphatic rings. The Bertz CT molecular complexity index is 612. The summed E-state index contributed by atoms with van der Waals surface area (Å²) in [5.74, 6) is -2.72. The Morgan fingerprint density at radius 2 is 1.67 bits per heavy atom. The number of nitrogens with one attached hydrogen (secondary N) is 2. The van der Waals surface area contributed by atoms with E-state index in [1.165, 1.54) is 0 Å². The van der Waals surface area contributed by atoms with Crippen molar-refractivity contribution in [2.75, 3.05) is 0 Å². The lowest BCUT2D eigenvalue weighted by atomic mass is 9.73. The molecule has 0 unspecified atom stereocenters. The minimum atomic E-state index is -1.56. The molecule has 1 atom stereocenters. The zero-order chi connectivity index (χ0) is 20.2. The van der Waals surface area contributed by atoms with E-state index in [9.17, 15) is 23.6 Å². The fourth-order valence-electron chi connectivity index (χ4n) is 3.68. The summed E-state index contributed by atoms with van der Waals surface area (Å²) in [5, 5.41) is 4.93. The van der Waals surface area contributed by atoms with Crippen molar-refractivity contribution >= 4 is 23.7 Å². The average Bonchev–Trinajstić information content (AvgIpc) is 2.95. The quantitative estimate of drug-likeness (QED) is 0.542. The van der Waals surface area contributed by atoms with Gasteiger partial charge in [0.05, 0.1) is 6.10 Å². The average molecular weight is 385 g/mol. The Morgan fingerprint density at radius 3 is 2.11 bits per heavy atom. The third-order valence-corrected chi connectivity index (χ3v) is 5.25. The van der Waals surface area contributed by atoms with Crippen LogP contribution in [0.3, 0.4) is 0 Å². The van der Waals surface area contributed by atoms with Crippen LogP contribution >= 0.6 is 0 Å². The molecule has 0 heterocycles. The molecule has 2 fully saturated rings. The van der Waals surface area contributed by atoms with E-state index in [0.29, 0.717) is 32.1 Å². The number of alkyl halides is 1. The Labute approximate surface area is 157 Å². The van der Waals surface area contributed by atoms with Crippen molar-refractivity contribution in [2.24, 2.45) is 5.73 Å². The first-order chi connectivity index (χ1) is 12.6. The van der Waals surface area contributed by atoms with Gasteiger partial charge in [-0.2, -0.15) is 0 Å². The summed E-state index contributed by atoms with van der Waals surface area (Å²) in [5.41, 5.74) is 2.16. The monoisotopic (exact) mass is 385 g/mol. The molecule has 8 nitrogen and oxygen atoms in total. The summed E-state index contributed by atoms with van der Waals surface area (Å²) >= 11 is 0. The van der Waals surface area contributed by atoms with E-state index in [2.05, 4.69) is 10.6 Å². The minimum absolute atomic E-state index is 0.215. The topological polar surface area (TPSA) is 128 Å². The molecular formula is C18H28FN3O5. The molecule has 2 rings (SSSR count). The van der Waals surface area contributed by atoms with Gasteiger partial charge in [-0.15, -0.1) is 0 Å². The fourth-order valence-corrected chi connectivity index (χ4v) is 3.68. The highest BCUT2D eigenvalue weighted by Crippen LogP contribution is 2.38. The van der Waals surface area contributed by atoms with Crippen LogP contribution in [0, 0.1) is 0 Å². The van der Waals surface area contributed by atoms with E-state index in [1.54, 1.807) is 13.8 Å². The van der Waals surface area contributed by atoms with Crippen LogP contribution < -0.4 is 16.4 Å². The Kier molecular flexibility index (Phi) is 6.43. The van der Waals surface area contributed by atoms with Gasteiger partial charge in [0.25, 0.3) is 5.91 Å². The van der Waals surface area contributed by atoms with Crippen LogP contribution in [-0.2, 0) is 19.1 Å². The van der Waals surface area contributed by atoms with Gasteiger partial charge in [0.1, 0.15) is 17.2 Å². The molecule has 0 spiro atoms. The fraction of sp³-hybridized carbons (Fsp3) is 0.778. The molecule has 0 aromatic carbocycles. The van der Waals surface area contributed by atoms with Crippen molar-refractivity contribution in [2.45, 2.75) is 88.6 Å². The summed E-state index contributed by atoms with van der Waals surface area (Å²) in [4.78, 5) is 48.1. The first kappa shape index (κ1) is 21.1. The molecule has 9 heteroatoms. The van der Waals surface area contributed by atoms with Gasteiger partial charge in [-0.05, 0) is 46.0 Å². The Hall–Kier alpha value is -2.19. The number of carbonyl (C=O) groups excluding carboxylic acids is 4. The highest BCUT2D eigenvalue weighted by atomic mass is 19.1. The summed E-state index contributed by atoms with van der Waals surface area (Å²) in [7, 11) is 0. The maximum absolute atomic E-state index is 14.9. The van der Waals surface area contributed by atoms with Crippen LogP contribution in [0.2, 0.25) is 0 Å². The van der Waals surface area contributed by atoms with E-state index in [-0.39, 0.29) is 19.3 Å².